The highest BCUT2D eigenvalue weighted by molar-refractivity contribution is 5.87. The Balaban J connectivity index is 1.68. The summed E-state index contributed by atoms with van der Waals surface area (Å²) in [5.74, 6) is -10.6. The molecule has 0 radical (unpaired) electrons. The molecule has 2 saturated carbocycles. The van der Waals surface area contributed by atoms with Gasteiger partial charge in [-0.15, -0.1) is 0 Å². The predicted molar refractivity (Wildman–Crippen MR) is 96.1 cm³/mol. The number of ketones is 1. The summed E-state index contributed by atoms with van der Waals surface area (Å²) in [4.78, 5) is 12.4. The Morgan fingerprint density at radius 2 is 1.53 bits per heavy atom. The van der Waals surface area contributed by atoms with Crippen molar-refractivity contribution in [3.8, 4) is 0 Å². The number of hydrogen-bond donors (Lipinski definition) is 0. The molecule has 4 aliphatic rings. The van der Waals surface area contributed by atoms with Crippen LogP contribution < -0.4 is 0 Å². The minimum absolute atomic E-state index is 0.104. The number of fused-ring (bicyclic) bond motifs is 5. The van der Waals surface area contributed by atoms with E-state index in [4.69, 9.17) is 0 Å². The van der Waals surface area contributed by atoms with Crippen LogP contribution in [0.3, 0.4) is 0 Å². The van der Waals surface area contributed by atoms with E-state index < -0.39 is 35.4 Å². The zero-order chi connectivity index (χ0) is 22.3. The van der Waals surface area contributed by atoms with E-state index in [2.05, 4.69) is 0 Å². The summed E-state index contributed by atoms with van der Waals surface area (Å²) in [5.41, 5.74) is -1.62. The van der Waals surface area contributed by atoms with Gasteiger partial charge in [-0.3, -0.25) is 4.79 Å². The Morgan fingerprint density at radius 1 is 0.900 bits per heavy atom. The van der Waals surface area contributed by atoms with Gasteiger partial charge in [0.1, 0.15) is 5.78 Å². The minimum Gasteiger partial charge on any atom is -0.299 e. The summed E-state index contributed by atoms with van der Waals surface area (Å²) in [6, 6.07) is 0. The van der Waals surface area contributed by atoms with Crippen molar-refractivity contribution in [2.45, 2.75) is 76.8 Å². The van der Waals surface area contributed by atoms with Gasteiger partial charge in [-0.1, -0.05) is 26.0 Å². The maximum atomic E-state index is 14.3. The molecule has 0 unspecified atom stereocenters. The molecule has 0 saturated heterocycles. The summed E-state index contributed by atoms with van der Waals surface area (Å²) in [7, 11) is 0. The summed E-state index contributed by atoms with van der Waals surface area (Å²) in [5, 5.41) is 0. The Kier molecular flexibility index (Phi) is 4.63. The number of carbonyl (C=O) groups is 1. The fourth-order valence-electron chi connectivity index (χ4n) is 6.72. The van der Waals surface area contributed by atoms with E-state index in [0.29, 0.717) is 24.8 Å². The third-order valence-corrected chi connectivity index (χ3v) is 8.63. The number of Topliss-reactive ketones (excluding diaryl/α,β-unsaturated/α-hetero) is 1. The molecular formula is C22H25F7O. The van der Waals surface area contributed by atoms with Gasteiger partial charge in [0.2, 0.25) is 0 Å². The molecule has 0 aromatic rings. The normalized spacial score (nSPS) is 39.6. The summed E-state index contributed by atoms with van der Waals surface area (Å²) in [6.07, 6.45) is -0.782. The van der Waals surface area contributed by atoms with E-state index in [9.17, 15) is 35.5 Å². The molecule has 0 N–H and O–H groups in total. The molecule has 4 rings (SSSR count). The summed E-state index contributed by atoms with van der Waals surface area (Å²) < 4.78 is 93.4. The highest BCUT2D eigenvalue weighted by atomic mass is 19.4. The Morgan fingerprint density at radius 3 is 2.17 bits per heavy atom. The highest BCUT2D eigenvalue weighted by Crippen LogP contribution is 2.64. The van der Waals surface area contributed by atoms with Gasteiger partial charge in [0, 0.05) is 17.4 Å². The molecule has 0 aliphatic heterocycles. The van der Waals surface area contributed by atoms with Gasteiger partial charge < -0.3 is 0 Å². The Bertz CT molecular complexity index is 824. The van der Waals surface area contributed by atoms with E-state index in [0.717, 1.165) is 18.9 Å². The lowest BCUT2D eigenvalue weighted by molar-refractivity contribution is -0.345. The predicted octanol–water partition coefficient (Wildman–Crippen LogP) is 6.89. The number of allylic oxidation sites excluding steroid dienone is 4. The maximum Gasteiger partial charge on any atom is 0.460 e. The van der Waals surface area contributed by atoms with E-state index >= 15 is 0 Å². The Hall–Kier alpha value is -1.34. The molecule has 0 amide bonds. The van der Waals surface area contributed by atoms with Crippen LogP contribution in [0.5, 0.6) is 0 Å². The van der Waals surface area contributed by atoms with Gasteiger partial charge >= 0.3 is 18.0 Å². The van der Waals surface area contributed by atoms with E-state index in [1.165, 1.54) is 0 Å². The van der Waals surface area contributed by atoms with Crippen LogP contribution in [0, 0.1) is 28.6 Å². The number of halogens is 7. The number of rotatable bonds is 2. The lowest BCUT2D eigenvalue weighted by Gasteiger charge is -2.56. The number of alkyl halides is 7. The van der Waals surface area contributed by atoms with Crippen LogP contribution in [0.4, 0.5) is 30.7 Å². The first kappa shape index (κ1) is 21.9. The summed E-state index contributed by atoms with van der Waals surface area (Å²) >= 11 is 0. The maximum absolute atomic E-state index is 14.3. The molecule has 1 nitrogen and oxygen atoms in total. The lowest BCUT2D eigenvalue weighted by atomic mass is 9.48. The van der Waals surface area contributed by atoms with Crippen molar-refractivity contribution >= 4 is 5.78 Å². The highest BCUT2D eigenvalue weighted by Gasteiger charge is 2.74. The quantitative estimate of drug-likeness (QED) is 0.429. The monoisotopic (exact) mass is 438 g/mol. The molecule has 0 bridgehead atoms. The van der Waals surface area contributed by atoms with E-state index in [1.54, 1.807) is 6.08 Å². The van der Waals surface area contributed by atoms with Crippen molar-refractivity contribution in [2.24, 2.45) is 28.6 Å². The van der Waals surface area contributed by atoms with Gasteiger partial charge in [0.15, 0.2) is 0 Å². The Labute approximate surface area is 170 Å². The smallest absolute Gasteiger partial charge is 0.299 e. The molecule has 0 spiro atoms. The topological polar surface area (TPSA) is 17.1 Å². The molecule has 168 valence electrons. The van der Waals surface area contributed by atoms with Crippen molar-refractivity contribution in [3.05, 3.63) is 23.3 Å². The average Bonchev–Trinajstić information content (AvgIpc) is 2.95. The van der Waals surface area contributed by atoms with Crippen LogP contribution in [-0.2, 0) is 4.79 Å². The van der Waals surface area contributed by atoms with Gasteiger partial charge in [0.25, 0.3) is 0 Å². The van der Waals surface area contributed by atoms with E-state index in [1.807, 2.05) is 13.8 Å². The second kappa shape index (κ2) is 6.35. The van der Waals surface area contributed by atoms with E-state index in [-0.39, 0.29) is 35.4 Å². The largest absolute Gasteiger partial charge is 0.460 e. The van der Waals surface area contributed by atoms with Crippen LogP contribution >= 0.6 is 0 Å². The second-order valence-electron chi connectivity index (χ2n) is 9.92. The first-order chi connectivity index (χ1) is 13.7. The lowest BCUT2D eigenvalue weighted by Crippen LogP contribution is -2.54. The third kappa shape index (κ3) is 2.70. The fraction of sp³-hybridized carbons (Fsp3) is 0.773. The van der Waals surface area contributed by atoms with Crippen LogP contribution in [0.1, 0.15) is 58.8 Å². The molecule has 0 aromatic heterocycles. The molecule has 8 heteroatoms. The molecule has 2 fully saturated rings. The van der Waals surface area contributed by atoms with Gasteiger partial charge in [-0.2, -0.15) is 30.7 Å². The molecule has 5 atom stereocenters. The first-order valence-corrected chi connectivity index (χ1v) is 10.4. The minimum atomic E-state index is -6.33. The van der Waals surface area contributed by atoms with Crippen molar-refractivity contribution in [1.29, 1.82) is 0 Å². The van der Waals surface area contributed by atoms with Gasteiger partial charge in [0.05, 0.1) is 0 Å². The zero-order valence-electron chi connectivity index (χ0n) is 16.9. The SMILES string of the molecule is C[C@]12CCC(C(F)(F)C(F)(F)C(F)(F)F)=CC1=CC[C@@H]1[C@@H]2CC[C@]2(C)C(=O)CC[C@@H]12. The number of hydrogen-bond acceptors (Lipinski definition) is 1. The molecular weight excluding hydrogens is 413 g/mol. The zero-order valence-corrected chi connectivity index (χ0v) is 16.9. The summed E-state index contributed by atoms with van der Waals surface area (Å²) in [6.45, 7) is 3.91. The van der Waals surface area contributed by atoms with Crippen molar-refractivity contribution in [1.82, 2.24) is 0 Å². The van der Waals surface area contributed by atoms with Crippen LogP contribution in [0.15, 0.2) is 23.3 Å². The second-order valence-corrected chi connectivity index (χ2v) is 9.92. The standard InChI is InChI=1S/C22H25F7O/c1-18-9-7-13(20(23,24)21(25,26)22(27,28)29)11-12(18)3-4-14-15-5-6-17(30)19(15,2)10-8-16(14)18/h3,11,14-16H,4-10H2,1-2H3/t14-,15-,16-,18-,19-/m0/s1. The van der Waals surface area contributed by atoms with Gasteiger partial charge in [-0.25, -0.2) is 0 Å². The first-order valence-electron chi connectivity index (χ1n) is 10.4. The van der Waals surface area contributed by atoms with Crippen LogP contribution in [-0.4, -0.2) is 23.8 Å². The average molecular weight is 438 g/mol. The molecule has 0 aromatic carbocycles. The molecule has 4 aliphatic carbocycles. The van der Waals surface area contributed by atoms with Crippen LogP contribution in [0.25, 0.3) is 0 Å². The van der Waals surface area contributed by atoms with Crippen molar-refractivity contribution in [3.63, 3.8) is 0 Å². The molecule has 0 heterocycles. The van der Waals surface area contributed by atoms with Crippen molar-refractivity contribution < 1.29 is 35.5 Å². The fourth-order valence-corrected chi connectivity index (χ4v) is 6.72. The third-order valence-electron chi connectivity index (χ3n) is 8.63. The van der Waals surface area contributed by atoms with Crippen LogP contribution in [0.2, 0.25) is 0 Å². The van der Waals surface area contributed by atoms with Gasteiger partial charge in [-0.05, 0) is 67.3 Å². The number of carbonyl (C=O) groups excluding carboxylic acids is 1. The van der Waals surface area contributed by atoms with Crippen molar-refractivity contribution in [2.75, 3.05) is 0 Å². The molecule has 30 heavy (non-hydrogen) atoms.